The molecule has 0 bridgehead atoms. The largest absolute Gasteiger partial charge is 0.397 e. The fourth-order valence-corrected chi connectivity index (χ4v) is 2.19. The molecular weight excluding hydrogens is 227 g/mol. The van der Waals surface area contributed by atoms with Crippen molar-refractivity contribution < 1.29 is 4.39 Å². The maximum absolute atomic E-state index is 13.3. The zero-order chi connectivity index (χ0) is 13.3. The van der Waals surface area contributed by atoms with Crippen LogP contribution in [0.2, 0.25) is 0 Å². The zero-order valence-electron chi connectivity index (χ0n) is 10.8. The minimum Gasteiger partial charge on any atom is -0.397 e. The average Bonchev–Trinajstić information content (AvgIpc) is 2.34. The first-order chi connectivity index (χ1) is 8.54. The predicted octanol–water partition coefficient (Wildman–Crippen LogP) is 3.73. The lowest BCUT2D eigenvalue weighted by Gasteiger charge is -2.14. The molecule has 0 amide bonds. The van der Waals surface area contributed by atoms with Gasteiger partial charge in [-0.3, -0.25) is 0 Å². The van der Waals surface area contributed by atoms with Crippen LogP contribution in [0.1, 0.15) is 11.1 Å². The van der Waals surface area contributed by atoms with Gasteiger partial charge in [0.25, 0.3) is 0 Å². The van der Waals surface area contributed by atoms with E-state index in [-0.39, 0.29) is 5.82 Å². The molecule has 3 N–H and O–H groups in total. The second kappa shape index (κ2) is 4.69. The van der Waals surface area contributed by atoms with Crippen LogP contribution < -0.4 is 11.1 Å². The Morgan fingerprint density at radius 1 is 1.11 bits per heavy atom. The summed E-state index contributed by atoms with van der Waals surface area (Å²) in [7, 11) is 1.85. The quantitative estimate of drug-likeness (QED) is 0.790. The normalized spacial score (nSPS) is 10.4. The topological polar surface area (TPSA) is 38.0 Å². The van der Waals surface area contributed by atoms with Crippen molar-refractivity contribution in [2.75, 3.05) is 18.1 Å². The van der Waals surface area contributed by atoms with Gasteiger partial charge in [-0.15, -0.1) is 0 Å². The Morgan fingerprint density at radius 3 is 2.44 bits per heavy atom. The lowest BCUT2D eigenvalue weighted by atomic mass is 9.97. The van der Waals surface area contributed by atoms with E-state index in [2.05, 4.69) is 5.32 Å². The van der Waals surface area contributed by atoms with Crippen LogP contribution in [-0.4, -0.2) is 7.05 Å². The van der Waals surface area contributed by atoms with Crippen molar-refractivity contribution in [2.24, 2.45) is 0 Å². The highest BCUT2D eigenvalue weighted by Gasteiger charge is 2.09. The molecule has 0 radical (unpaired) electrons. The summed E-state index contributed by atoms with van der Waals surface area (Å²) >= 11 is 0. The summed E-state index contributed by atoms with van der Waals surface area (Å²) in [5.41, 5.74) is 11.3. The molecule has 18 heavy (non-hydrogen) atoms. The van der Waals surface area contributed by atoms with Gasteiger partial charge in [0, 0.05) is 7.05 Å². The average molecular weight is 244 g/mol. The number of benzene rings is 2. The van der Waals surface area contributed by atoms with Crippen LogP contribution >= 0.6 is 0 Å². The third kappa shape index (κ3) is 2.04. The Balaban J connectivity index is 2.60. The molecule has 0 heterocycles. The second-order valence-electron chi connectivity index (χ2n) is 4.42. The van der Waals surface area contributed by atoms with Gasteiger partial charge in [0.2, 0.25) is 0 Å². The smallest absolute Gasteiger partial charge is 0.126 e. The van der Waals surface area contributed by atoms with Gasteiger partial charge in [-0.2, -0.15) is 0 Å². The maximum atomic E-state index is 13.3. The molecule has 0 fully saturated rings. The van der Waals surface area contributed by atoms with Crippen molar-refractivity contribution in [1.29, 1.82) is 0 Å². The maximum Gasteiger partial charge on any atom is 0.126 e. The number of halogens is 1. The molecule has 0 aliphatic carbocycles. The number of nitrogens with two attached hydrogens (primary N) is 1. The van der Waals surface area contributed by atoms with E-state index in [1.807, 2.05) is 32.2 Å². The first-order valence-corrected chi connectivity index (χ1v) is 5.88. The molecule has 3 heteroatoms. The van der Waals surface area contributed by atoms with Crippen molar-refractivity contribution in [3.8, 4) is 11.1 Å². The van der Waals surface area contributed by atoms with Gasteiger partial charge < -0.3 is 11.1 Å². The molecule has 2 nitrogen and oxygen atoms in total. The summed E-state index contributed by atoms with van der Waals surface area (Å²) in [6, 6.07) is 8.98. The Kier molecular flexibility index (Phi) is 3.24. The number of aryl methyl sites for hydroxylation is 1. The van der Waals surface area contributed by atoms with Gasteiger partial charge in [0.1, 0.15) is 5.82 Å². The summed E-state index contributed by atoms with van der Waals surface area (Å²) in [6.45, 7) is 3.78. The summed E-state index contributed by atoms with van der Waals surface area (Å²) < 4.78 is 13.3. The molecular formula is C15H17FN2. The summed E-state index contributed by atoms with van der Waals surface area (Å²) in [5.74, 6) is -0.180. The number of nitrogen functional groups attached to an aromatic ring is 1. The second-order valence-corrected chi connectivity index (χ2v) is 4.42. The molecule has 0 atom stereocenters. The van der Waals surface area contributed by atoms with E-state index in [4.69, 9.17) is 5.73 Å². The minimum atomic E-state index is -0.180. The Bertz CT molecular complexity index is 591. The molecule has 0 aliphatic heterocycles. The van der Waals surface area contributed by atoms with Crippen molar-refractivity contribution in [1.82, 2.24) is 0 Å². The van der Waals surface area contributed by atoms with Gasteiger partial charge in [0.05, 0.1) is 11.4 Å². The molecule has 2 rings (SSSR count). The van der Waals surface area contributed by atoms with Crippen LogP contribution in [0.5, 0.6) is 0 Å². The first kappa shape index (κ1) is 12.4. The van der Waals surface area contributed by atoms with Crippen molar-refractivity contribution in [3.05, 3.63) is 47.3 Å². The Morgan fingerprint density at radius 2 is 1.83 bits per heavy atom. The number of hydrogen-bond donors (Lipinski definition) is 2. The zero-order valence-corrected chi connectivity index (χ0v) is 10.8. The van der Waals surface area contributed by atoms with E-state index in [1.165, 1.54) is 6.07 Å². The van der Waals surface area contributed by atoms with Crippen LogP contribution in [0.4, 0.5) is 15.8 Å². The van der Waals surface area contributed by atoms with Gasteiger partial charge in [-0.25, -0.2) is 4.39 Å². The van der Waals surface area contributed by atoms with Crippen LogP contribution in [0.25, 0.3) is 11.1 Å². The molecule has 2 aromatic carbocycles. The Labute approximate surface area is 107 Å². The molecule has 2 aromatic rings. The van der Waals surface area contributed by atoms with Gasteiger partial charge in [-0.1, -0.05) is 12.1 Å². The fourth-order valence-electron chi connectivity index (χ4n) is 2.19. The van der Waals surface area contributed by atoms with E-state index >= 15 is 0 Å². The van der Waals surface area contributed by atoms with E-state index in [0.29, 0.717) is 5.56 Å². The monoisotopic (exact) mass is 244 g/mol. The summed E-state index contributed by atoms with van der Waals surface area (Å²) in [5, 5.41) is 3.10. The van der Waals surface area contributed by atoms with Crippen LogP contribution in [0.15, 0.2) is 30.3 Å². The molecule has 0 spiro atoms. The minimum absolute atomic E-state index is 0.180. The summed E-state index contributed by atoms with van der Waals surface area (Å²) in [6.07, 6.45) is 0. The highest BCUT2D eigenvalue weighted by Crippen LogP contribution is 2.33. The number of hydrogen-bond acceptors (Lipinski definition) is 2. The van der Waals surface area contributed by atoms with Crippen molar-refractivity contribution in [3.63, 3.8) is 0 Å². The van der Waals surface area contributed by atoms with E-state index in [9.17, 15) is 4.39 Å². The SMILES string of the molecule is CNc1c(N)ccc(-c2ccc(F)c(C)c2)c1C. The third-order valence-electron chi connectivity index (χ3n) is 3.22. The molecule has 0 saturated carbocycles. The van der Waals surface area contributed by atoms with E-state index in [0.717, 1.165) is 28.1 Å². The lowest BCUT2D eigenvalue weighted by molar-refractivity contribution is 0.619. The van der Waals surface area contributed by atoms with Crippen molar-refractivity contribution in [2.45, 2.75) is 13.8 Å². The van der Waals surface area contributed by atoms with Crippen LogP contribution in [0.3, 0.4) is 0 Å². The van der Waals surface area contributed by atoms with Gasteiger partial charge >= 0.3 is 0 Å². The molecule has 0 aromatic heterocycles. The number of rotatable bonds is 2. The van der Waals surface area contributed by atoms with E-state index < -0.39 is 0 Å². The van der Waals surface area contributed by atoms with E-state index in [1.54, 1.807) is 13.0 Å². The van der Waals surface area contributed by atoms with Gasteiger partial charge in [0.15, 0.2) is 0 Å². The lowest BCUT2D eigenvalue weighted by Crippen LogP contribution is -1.99. The molecule has 0 saturated heterocycles. The molecule has 0 unspecified atom stereocenters. The molecule has 0 aliphatic rings. The number of nitrogens with one attached hydrogen (secondary N) is 1. The van der Waals surface area contributed by atoms with Crippen LogP contribution in [-0.2, 0) is 0 Å². The third-order valence-corrected chi connectivity index (χ3v) is 3.22. The standard InChI is InChI=1S/C15H17FN2/c1-9-8-11(4-6-13(9)16)12-5-7-14(17)15(18-3)10(12)2/h4-8,18H,17H2,1-3H3. The van der Waals surface area contributed by atoms with Gasteiger partial charge in [-0.05, 0) is 54.3 Å². The first-order valence-electron chi connectivity index (χ1n) is 5.88. The highest BCUT2D eigenvalue weighted by atomic mass is 19.1. The fraction of sp³-hybridized carbons (Fsp3) is 0.200. The highest BCUT2D eigenvalue weighted by molar-refractivity contribution is 5.81. The predicted molar refractivity (Wildman–Crippen MR) is 75.3 cm³/mol. The number of anilines is 2. The molecule has 94 valence electrons. The summed E-state index contributed by atoms with van der Waals surface area (Å²) in [4.78, 5) is 0. The van der Waals surface area contributed by atoms with Crippen LogP contribution in [0, 0.1) is 19.7 Å². The Hall–Kier alpha value is -2.03. The van der Waals surface area contributed by atoms with Crippen molar-refractivity contribution >= 4 is 11.4 Å².